The van der Waals surface area contributed by atoms with Crippen LogP contribution in [0.25, 0.3) is 0 Å². The van der Waals surface area contributed by atoms with Crippen molar-refractivity contribution < 1.29 is 4.79 Å². The molecule has 2 atom stereocenters. The van der Waals surface area contributed by atoms with Crippen molar-refractivity contribution in [2.24, 2.45) is 11.8 Å². The maximum Gasteiger partial charge on any atom is 0.235 e. The number of rotatable bonds is 7. The van der Waals surface area contributed by atoms with Gasteiger partial charge >= 0.3 is 0 Å². The van der Waals surface area contributed by atoms with Crippen LogP contribution in [0.3, 0.4) is 0 Å². The van der Waals surface area contributed by atoms with Gasteiger partial charge in [0.2, 0.25) is 5.91 Å². The molecule has 0 aliphatic rings. The van der Waals surface area contributed by atoms with Crippen LogP contribution in [0.4, 0.5) is 0 Å². The Hall–Kier alpha value is -1.86. The SMILES string of the molecule is CC(C)[C@H](NCC(=O)N[C@@](C)(C#N)C(C)C)c1ccc(C(C)(C)C)cc1. The lowest BCUT2D eigenvalue weighted by Gasteiger charge is -2.29. The molecule has 1 rings (SSSR count). The summed E-state index contributed by atoms with van der Waals surface area (Å²) in [7, 11) is 0. The molecule has 144 valence electrons. The number of hydrogen-bond acceptors (Lipinski definition) is 3. The predicted octanol–water partition coefficient (Wildman–Crippen LogP) is 4.33. The maximum absolute atomic E-state index is 12.3. The molecule has 0 unspecified atom stereocenters. The number of carbonyl (C=O) groups excluding carboxylic acids is 1. The molecule has 1 aromatic carbocycles. The molecule has 0 fully saturated rings. The highest BCUT2D eigenvalue weighted by atomic mass is 16.2. The van der Waals surface area contributed by atoms with Gasteiger partial charge in [0.1, 0.15) is 5.54 Å². The minimum Gasteiger partial charge on any atom is -0.337 e. The largest absolute Gasteiger partial charge is 0.337 e. The Morgan fingerprint density at radius 3 is 2.00 bits per heavy atom. The van der Waals surface area contributed by atoms with Gasteiger partial charge in [-0.05, 0) is 35.3 Å². The third-order valence-corrected chi connectivity index (χ3v) is 5.07. The van der Waals surface area contributed by atoms with Crippen LogP contribution in [0.15, 0.2) is 24.3 Å². The van der Waals surface area contributed by atoms with Gasteiger partial charge in [0.25, 0.3) is 0 Å². The van der Waals surface area contributed by atoms with Gasteiger partial charge in [0, 0.05) is 6.04 Å². The molecule has 26 heavy (non-hydrogen) atoms. The second kappa shape index (κ2) is 8.68. The van der Waals surface area contributed by atoms with Gasteiger partial charge < -0.3 is 10.6 Å². The van der Waals surface area contributed by atoms with E-state index in [1.807, 2.05) is 13.8 Å². The smallest absolute Gasteiger partial charge is 0.235 e. The first-order valence-corrected chi connectivity index (χ1v) is 9.46. The molecule has 0 aliphatic heterocycles. The number of amides is 1. The second-order valence-corrected chi connectivity index (χ2v) is 8.99. The standard InChI is InChI=1S/C22H35N3O/c1-15(2)20(17-9-11-18(12-10-17)21(5,6)7)24-13-19(26)25-22(8,14-23)16(3)4/h9-12,15-16,20,24H,13H2,1-8H3,(H,25,26)/t20-,22-/m0/s1. The molecule has 1 amide bonds. The molecule has 0 aliphatic carbocycles. The van der Waals surface area contributed by atoms with Gasteiger partial charge in [-0.3, -0.25) is 4.79 Å². The summed E-state index contributed by atoms with van der Waals surface area (Å²) < 4.78 is 0. The summed E-state index contributed by atoms with van der Waals surface area (Å²) in [5.74, 6) is 0.234. The fraction of sp³-hybridized carbons (Fsp3) is 0.636. The highest BCUT2D eigenvalue weighted by Gasteiger charge is 2.30. The van der Waals surface area contributed by atoms with Gasteiger partial charge in [0.15, 0.2) is 0 Å². The van der Waals surface area contributed by atoms with Gasteiger partial charge in [-0.2, -0.15) is 5.26 Å². The minimum atomic E-state index is -0.847. The molecule has 0 radical (unpaired) electrons. The average molecular weight is 358 g/mol. The summed E-state index contributed by atoms with van der Waals surface area (Å²) in [4.78, 5) is 12.3. The summed E-state index contributed by atoms with van der Waals surface area (Å²) >= 11 is 0. The van der Waals surface area contributed by atoms with Gasteiger partial charge in [0.05, 0.1) is 12.6 Å². The molecular formula is C22H35N3O. The van der Waals surface area contributed by atoms with E-state index in [-0.39, 0.29) is 29.8 Å². The fourth-order valence-electron chi connectivity index (χ4n) is 2.77. The Morgan fingerprint density at radius 1 is 1.08 bits per heavy atom. The molecule has 0 heterocycles. The van der Waals surface area contributed by atoms with E-state index in [1.54, 1.807) is 6.92 Å². The number of nitrogens with one attached hydrogen (secondary N) is 2. The lowest BCUT2D eigenvalue weighted by atomic mass is 9.85. The predicted molar refractivity (Wildman–Crippen MR) is 108 cm³/mol. The minimum absolute atomic E-state index is 0.0438. The third-order valence-electron chi connectivity index (χ3n) is 5.07. The van der Waals surface area contributed by atoms with Gasteiger partial charge in [-0.25, -0.2) is 0 Å². The molecule has 0 bridgehead atoms. The lowest BCUT2D eigenvalue weighted by molar-refractivity contribution is -0.122. The zero-order valence-corrected chi connectivity index (χ0v) is 17.6. The van der Waals surface area contributed by atoms with Crippen LogP contribution in [0, 0.1) is 23.2 Å². The molecule has 2 N–H and O–H groups in total. The van der Waals surface area contributed by atoms with E-state index in [0.717, 1.165) is 0 Å². The molecular weight excluding hydrogens is 322 g/mol. The zero-order valence-electron chi connectivity index (χ0n) is 17.6. The van der Waals surface area contributed by atoms with Crippen LogP contribution in [0.5, 0.6) is 0 Å². The first-order chi connectivity index (χ1) is 11.9. The summed E-state index contributed by atoms with van der Waals surface area (Å²) in [6.07, 6.45) is 0. The molecule has 0 saturated heterocycles. The highest BCUT2D eigenvalue weighted by molar-refractivity contribution is 5.79. The van der Waals surface area contributed by atoms with Crippen molar-refractivity contribution in [2.45, 2.75) is 72.4 Å². The number of carbonyl (C=O) groups is 1. The molecule has 0 saturated carbocycles. The van der Waals surface area contributed by atoms with E-state index in [2.05, 4.69) is 75.6 Å². The Balaban J connectivity index is 2.81. The second-order valence-electron chi connectivity index (χ2n) is 8.99. The topological polar surface area (TPSA) is 64.9 Å². The third kappa shape index (κ3) is 5.85. The van der Waals surface area contributed by atoms with Crippen LogP contribution < -0.4 is 10.6 Å². The van der Waals surface area contributed by atoms with Crippen LogP contribution in [-0.2, 0) is 10.2 Å². The van der Waals surface area contributed by atoms with E-state index in [4.69, 9.17) is 0 Å². The Labute approximate surface area is 159 Å². The summed E-state index contributed by atoms with van der Waals surface area (Å²) in [6, 6.07) is 10.9. The van der Waals surface area contributed by atoms with Crippen LogP contribution >= 0.6 is 0 Å². The molecule has 4 nitrogen and oxygen atoms in total. The van der Waals surface area contributed by atoms with E-state index in [9.17, 15) is 10.1 Å². The average Bonchev–Trinajstić information content (AvgIpc) is 2.54. The van der Waals surface area contributed by atoms with E-state index in [0.29, 0.717) is 5.92 Å². The number of hydrogen-bond donors (Lipinski definition) is 2. The number of benzene rings is 1. The normalized spacial score (nSPS) is 15.4. The highest BCUT2D eigenvalue weighted by Crippen LogP contribution is 2.26. The van der Waals surface area contributed by atoms with Crippen LogP contribution in [0.1, 0.15) is 72.6 Å². The molecule has 1 aromatic rings. The molecule has 0 spiro atoms. The van der Waals surface area contributed by atoms with Gasteiger partial charge in [-0.15, -0.1) is 0 Å². The first kappa shape index (κ1) is 22.2. The maximum atomic E-state index is 12.3. The summed E-state index contributed by atoms with van der Waals surface area (Å²) in [5, 5.41) is 15.6. The van der Waals surface area contributed by atoms with Crippen molar-refractivity contribution in [3.05, 3.63) is 35.4 Å². The number of nitrogens with zero attached hydrogens (tertiary/aromatic N) is 1. The van der Waals surface area contributed by atoms with Crippen molar-refractivity contribution in [3.8, 4) is 6.07 Å². The quantitative estimate of drug-likeness (QED) is 0.763. The Bertz CT molecular complexity index is 635. The van der Waals surface area contributed by atoms with Crippen LogP contribution in [-0.4, -0.2) is 18.0 Å². The van der Waals surface area contributed by atoms with E-state index < -0.39 is 5.54 Å². The number of nitriles is 1. The fourth-order valence-corrected chi connectivity index (χ4v) is 2.77. The van der Waals surface area contributed by atoms with Crippen molar-refractivity contribution in [2.75, 3.05) is 6.54 Å². The van der Waals surface area contributed by atoms with Crippen molar-refractivity contribution in [1.82, 2.24) is 10.6 Å². The Kier molecular flexibility index (Phi) is 7.41. The lowest BCUT2D eigenvalue weighted by Crippen LogP contribution is -2.51. The summed E-state index contributed by atoms with van der Waals surface area (Å²) in [5.41, 5.74) is 1.74. The van der Waals surface area contributed by atoms with E-state index in [1.165, 1.54) is 11.1 Å². The van der Waals surface area contributed by atoms with Crippen molar-refractivity contribution in [1.29, 1.82) is 5.26 Å². The molecule has 4 heteroatoms. The van der Waals surface area contributed by atoms with Crippen molar-refractivity contribution >= 4 is 5.91 Å². The van der Waals surface area contributed by atoms with E-state index >= 15 is 0 Å². The summed E-state index contributed by atoms with van der Waals surface area (Å²) in [6.45, 7) is 16.7. The first-order valence-electron chi connectivity index (χ1n) is 9.46. The van der Waals surface area contributed by atoms with Gasteiger partial charge in [-0.1, -0.05) is 72.7 Å². The monoisotopic (exact) mass is 357 g/mol. The zero-order chi connectivity index (χ0) is 20.1. The molecule has 0 aromatic heterocycles. The Morgan fingerprint density at radius 2 is 1.62 bits per heavy atom. The van der Waals surface area contributed by atoms with Crippen LogP contribution in [0.2, 0.25) is 0 Å². The van der Waals surface area contributed by atoms with Crippen molar-refractivity contribution in [3.63, 3.8) is 0 Å².